The molecular formula is C22H30N3O2S+. The van der Waals surface area contributed by atoms with Gasteiger partial charge in [0.15, 0.2) is 0 Å². The first kappa shape index (κ1) is 21.9. The molecule has 0 radical (unpaired) electrons. The van der Waals surface area contributed by atoms with E-state index in [-0.39, 0.29) is 6.04 Å². The lowest BCUT2D eigenvalue weighted by Crippen LogP contribution is -2.84. The molecule has 0 unspecified atom stereocenters. The Bertz CT molecular complexity index is 848. The standard InChI is InChI=1S/C22H29N3O2S/c1-6-27-22(26)20-18(17(11-23)21(24)28-20)12-25-19(14(4)5)16-9-7-15(8-10-16)13(2)3/h7-10,13-14,19,25H,6,12,24H2,1-5H3/p+1/t19-/m1/s1. The highest BCUT2D eigenvalue weighted by Gasteiger charge is 2.26. The van der Waals surface area contributed by atoms with Crippen LogP contribution >= 0.6 is 11.3 Å². The molecule has 0 aliphatic heterocycles. The van der Waals surface area contributed by atoms with Crippen LogP contribution in [-0.4, -0.2) is 12.6 Å². The van der Waals surface area contributed by atoms with Crippen LogP contribution in [0.15, 0.2) is 24.3 Å². The van der Waals surface area contributed by atoms with Gasteiger partial charge in [0.2, 0.25) is 0 Å². The van der Waals surface area contributed by atoms with Crippen LogP contribution in [0.5, 0.6) is 0 Å². The van der Waals surface area contributed by atoms with Crippen molar-refractivity contribution in [1.29, 1.82) is 5.26 Å². The van der Waals surface area contributed by atoms with E-state index < -0.39 is 5.97 Å². The van der Waals surface area contributed by atoms with Crippen molar-refractivity contribution in [3.63, 3.8) is 0 Å². The number of nitrogen functional groups attached to an aromatic ring is 1. The minimum Gasteiger partial charge on any atom is -0.462 e. The maximum Gasteiger partial charge on any atom is 0.348 e. The molecular weight excluding hydrogens is 370 g/mol. The van der Waals surface area contributed by atoms with Crippen molar-refractivity contribution >= 4 is 22.3 Å². The fourth-order valence-corrected chi connectivity index (χ4v) is 4.25. The molecule has 0 amide bonds. The summed E-state index contributed by atoms with van der Waals surface area (Å²) in [7, 11) is 0. The molecule has 150 valence electrons. The van der Waals surface area contributed by atoms with Crippen molar-refractivity contribution in [3.05, 3.63) is 51.4 Å². The molecule has 6 heteroatoms. The van der Waals surface area contributed by atoms with E-state index in [0.29, 0.717) is 46.0 Å². The first-order chi connectivity index (χ1) is 13.3. The van der Waals surface area contributed by atoms with Gasteiger partial charge in [0.1, 0.15) is 28.5 Å². The van der Waals surface area contributed by atoms with Crippen molar-refractivity contribution in [2.45, 2.75) is 53.1 Å². The van der Waals surface area contributed by atoms with Crippen molar-refractivity contribution in [3.8, 4) is 6.07 Å². The van der Waals surface area contributed by atoms with Crippen LogP contribution in [0.4, 0.5) is 5.00 Å². The number of thiophene rings is 1. The summed E-state index contributed by atoms with van der Waals surface area (Å²) in [4.78, 5) is 12.7. The molecule has 5 nitrogen and oxygen atoms in total. The minimum absolute atomic E-state index is 0.212. The van der Waals surface area contributed by atoms with Gasteiger partial charge >= 0.3 is 5.97 Å². The monoisotopic (exact) mass is 400 g/mol. The second-order valence-electron chi connectivity index (χ2n) is 7.51. The highest BCUT2D eigenvalue weighted by Crippen LogP contribution is 2.31. The van der Waals surface area contributed by atoms with Gasteiger partial charge in [-0.3, -0.25) is 0 Å². The summed E-state index contributed by atoms with van der Waals surface area (Å²) >= 11 is 1.14. The number of quaternary nitrogens is 1. The number of benzene rings is 1. The zero-order chi connectivity index (χ0) is 20.8. The van der Waals surface area contributed by atoms with Crippen molar-refractivity contribution in [2.75, 3.05) is 12.3 Å². The van der Waals surface area contributed by atoms with Gasteiger partial charge in [-0.25, -0.2) is 4.79 Å². The highest BCUT2D eigenvalue weighted by atomic mass is 32.1. The summed E-state index contributed by atoms with van der Waals surface area (Å²) in [6.07, 6.45) is 0. The lowest BCUT2D eigenvalue weighted by molar-refractivity contribution is -0.717. The van der Waals surface area contributed by atoms with E-state index in [2.05, 4.69) is 63.3 Å². The number of hydrogen-bond acceptors (Lipinski definition) is 5. The molecule has 1 atom stereocenters. The number of nitrogens with two attached hydrogens (primary N) is 2. The molecule has 2 aromatic rings. The molecule has 1 aromatic heterocycles. The number of nitrogens with zero attached hydrogens (tertiary/aromatic N) is 1. The number of nitriles is 1. The normalized spacial score (nSPS) is 12.2. The Kier molecular flexibility index (Phi) is 7.61. The third-order valence-corrected chi connectivity index (χ3v) is 5.93. The van der Waals surface area contributed by atoms with E-state index in [4.69, 9.17) is 10.5 Å². The van der Waals surface area contributed by atoms with E-state index in [0.717, 1.165) is 11.3 Å². The van der Waals surface area contributed by atoms with Crippen LogP contribution in [0, 0.1) is 17.2 Å². The van der Waals surface area contributed by atoms with E-state index in [9.17, 15) is 10.1 Å². The quantitative estimate of drug-likeness (QED) is 0.656. The number of hydrogen-bond donors (Lipinski definition) is 2. The number of ether oxygens (including phenoxy) is 1. The third kappa shape index (κ3) is 4.92. The van der Waals surface area contributed by atoms with Gasteiger partial charge in [0, 0.05) is 11.5 Å². The Hall–Kier alpha value is -2.36. The van der Waals surface area contributed by atoms with E-state index in [1.54, 1.807) is 6.92 Å². The summed E-state index contributed by atoms with van der Waals surface area (Å²) in [6.45, 7) is 11.3. The lowest BCUT2D eigenvalue weighted by atomic mass is 9.93. The smallest absolute Gasteiger partial charge is 0.348 e. The molecule has 0 bridgehead atoms. The summed E-state index contributed by atoms with van der Waals surface area (Å²) in [5.74, 6) is 0.471. The first-order valence-electron chi connectivity index (χ1n) is 9.71. The number of esters is 1. The Morgan fingerprint density at radius 2 is 1.82 bits per heavy atom. The molecule has 0 saturated heterocycles. The maximum absolute atomic E-state index is 12.3. The SMILES string of the molecule is CCOC(=O)c1sc(N)c(C#N)c1C[NH2+][C@@H](c1ccc(C(C)C)cc1)C(C)C. The number of carbonyl (C=O) groups excluding carboxylic acids is 1. The van der Waals surface area contributed by atoms with Gasteiger partial charge in [-0.1, -0.05) is 52.0 Å². The summed E-state index contributed by atoms with van der Waals surface area (Å²) < 4.78 is 5.15. The van der Waals surface area contributed by atoms with Crippen molar-refractivity contribution in [2.24, 2.45) is 5.92 Å². The topological polar surface area (TPSA) is 92.7 Å². The Morgan fingerprint density at radius 3 is 2.32 bits per heavy atom. The predicted molar refractivity (Wildman–Crippen MR) is 113 cm³/mol. The molecule has 0 aliphatic rings. The molecule has 0 spiro atoms. The van der Waals surface area contributed by atoms with Crippen molar-refractivity contribution in [1.82, 2.24) is 0 Å². The van der Waals surface area contributed by atoms with E-state index in [1.807, 2.05) is 0 Å². The summed E-state index contributed by atoms with van der Waals surface area (Å²) in [5.41, 5.74) is 9.60. The first-order valence-corrected chi connectivity index (χ1v) is 10.5. The van der Waals surface area contributed by atoms with Crippen molar-refractivity contribution < 1.29 is 14.8 Å². The maximum atomic E-state index is 12.3. The highest BCUT2D eigenvalue weighted by molar-refractivity contribution is 7.18. The Balaban J connectivity index is 2.29. The molecule has 0 fully saturated rings. The van der Waals surface area contributed by atoms with E-state index >= 15 is 0 Å². The summed E-state index contributed by atoms with van der Waals surface area (Å²) in [6, 6.07) is 11.1. The Morgan fingerprint density at radius 1 is 1.21 bits per heavy atom. The van der Waals surface area contributed by atoms with Crippen LogP contribution in [0.1, 0.15) is 78.5 Å². The van der Waals surface area contributed by atoms with Crippen LogP contribution in [0.3, 0.4) is 0 Å². The molecule has 0 saturated carbocycles. The average molecular weight is 401 g/mol. The van der Waals surface area contributed by atoms with Crippen LogP contribution < -0.4 is 11.1 Å². The minimum atomic E-state index is -0.411. The third-order valence-electron chi connectivity index (χ3n) is 4.89. The lowest BCUT2D eigenvalue weighted by Gasteiger charge is -2.20. The fourth-order valence-electron chi connectivity index (χ4n) is 3.30. The van der Waals surface area contributed by atoms with Gasteiger partial charge < -0.3 is 15.8 Å². The average Bonchev–Trinajstić information content (AvgIpc) is 2.97. The van der Waals surface area contributed by atoms with E-state index in [1.165, 1.54) is 11.1 Å². The van der Waals surface area contributed by atoms with Crippen LogP contribution in [0.25, 0.3) is 0 Å². The van der Waals surface area contributed by atoms with Crippen LogP contribution in [0.2, 0.25) is 0 Å². The second kappa shape index (κ2) is 9.72. The van der Waals surface area contributed by atoms with Gasteiger partial charge in [0.25, 0.3) is 0 Å². The van der Waals surface area contributed by atoms with Crippen LogP contribution in [-0.2, 0) is 11.3 Å². The van der Waals surface area contributed by atoms with Gasteiger partial charge in [-0.15, -0.1) is 11.3 Å². The Labute approximate surface area is 171 Å². The predicted octanol–water partition coefficient (Wildman–Crippen LogP) is 3.96. The molecule has 2 rings (SSSR count). The molecule has 0 aliphatic carbocycles. The zero-order valence-electron chi connectivity index (χ0n) is 17.3. The van der Waals surface area contributed by atoms with Gasteiger partial charge in [-0.2, -0.15) is 5.26 Å². The molecule has 1 heterocycles. The number of carbonyl (C=O) groups is 1. The van der Waals surface area contributed by atoms with Gasteiger partial charge in [0.05, 0.1) is 17.7 Å². The summed E-state index contributed by atoms with van der Waals surface area (Å²) in [5, 5.41) is 12.1. The molecule has 4 N–H and O–H groups in total. The number of rotatable bonds is 8. The molecule has 1 aromatic carbocycles. The fraction of sp³-hybridized carbons (Fsp3) is 0.455. The molecule has 28 heavy (non-hydrogen) atoms. The second-order valence-corrected chi connectivity index (χ2v) is 8.56. The largest absolute Gasteiger partial charge is 0.462 e. The number of anilines is 1. The van der Waals surface area contributed by atoms with Gasteiger partial charge in [-0.05, 0) is 18.4 Å². The zero-order valence-corrected chi connectivity index (χ0v) is 18.1.